The average Bonchev–Trinajstić information content (AvgIpc) is 3.29. The van der Waals surface area contributed by atoms with Crippen LogP contribution < -0.4 is 4.90 Å². The topological polar surface area (TPSA) is 47.1 Å². The molecule has 4 rings (SSSR count). The van der Waals surface area contributed by atoms with Crippen LogP contribution in [0.1, 0.15) is 23.9 Å². The number of hydrogen-bond acceptors (Lipinski definition) is 4. The Morgan fingerprint density at radius 2 is 1.93 bits per heavy atom. The van der Waals surface area contributed by atoms with Gasteiger partial charge in [-0.15, -0.1) is 0 Å². The molecule has 0 bridgehead atoms. The molecule has 0 radical (unpaired) electrons. The molecule has 2 aromatic carbocycles. The van der Waals surface area contributed by atoms with Crippen LogP contribution in [0.25, 0.3) is 16.8 Å². The van der Waals surface area contributed by atoms with Gasteiger partial charge in [-0.3, -0.25) is 0 Å². The van der Waals surface area contributed by atoms with E-state index in [2.05, 4.69) is 81.2 Å². The van der Waals surface area contributed by atoms with Crippen molar-refractivity contribution in [2.45, 2.75) is 27.7 Å². The Bertz CT molecular complexity index is 1190. The van der Waals surface area contributed by atoms with Crippen molar-refractivity contribution in [3.63, 3.8) is 0 Å². The molecule has 0 amide bonds. The molecule has 0 spiro atoms. The largest absolute Gasteiger partial charge is 0.361 e. The summed E-state index contributed by atoms with van der Waals surface area (Å²) in [5.74, 6) is 0.830. The number of nitrogens with zero attached hydrogens (tertiary/aromatic N) is 4. The van der Waals surface area contributed by atoms with E-state index in [1.165, 1.54) is 5.56 Å². The van der Waals surface area contributed by atoms with Gasteiger partial charge in [0.25, 0.3) is 0 Å². The molecule has 4 aromatic rings. The summed E-state index contributed by atoms with van der Waals surface area (Å²) < 4.78 is 8.24. The number of imidazole rings is 1. The highest BCUT2D eigenvalue weighted by molar-refractivity contribution is 9.10. The minimum Gasteiger partial charge on any atom is -0.361 e. The summed E-state index contributed by atoms with van der Waals surface area (Å²) in [6.45, 7) is 9.03. The van der Waals surface area contributed by atoms with Crippen LogP contribution in [0.3, 0.4) is 0 Å². The first-order chi connectivity index (χ1) is 14.4. The standard InChI is InChI=1S/C23H22BrClN4O/c1-5-29(18-8-9-20(19(24)11-18)28-12-22(25)26-13-28)21-10-17(7-6-14(21)2)23-15(3)27-30-16(23)4/h6-13H,5H2,1-4H3. The molecule has 2 heterocycles. The van der Waals surface area contributed by atoms with Crippen molar-refractivity contribution in [3.05, 3.63) is 75.6 Å². The molecule has 0 aliphatic rings. The molecule has 0 atom stereocenters. The first-order valence-corrected chi connectivity index (χ1v) is 10.9. The summed E-state index contributed by atoms with van der Waals surface area (Å²) in [6.07, 6.45) is 3.49. The zero-order valence-electron chi connectivity index (χ0n) is 17.3. The van der Waals surface area contributed by atoms with E-state index in [-0.39, 0.29) is 0 Å². The number of anilines is 2. The van der Waals surface area contributed by atoms with Crippen LogP contribution in [0.2, 0.25) is 5.15 Å². The van der Waals surface area contributed by atoms with Gasteiger partial charge in [-0.05, 0) is 79.0 Å². The lowest BCUT2D eigenvalue weighted by atomic mass is 10.0. The Kier molecular flexibility index (Phi) is 5.71. The first-order valence-electron chi connectivity index (χ1n) is 9.70. The molecular formula is C23H22BrClN4O. The molecule has 0 saturated heterocycles. The van der Waals surface area contributed by atoms with Gasteiger partial charge in [0.15, 0.2) is 0 Å². The Morgan fingerprint density at radius 1 is 1.13 bits per heavy atom. The fourth-order valence-electron chi connectivity index (χ4n) is 3.75. The van der Waals surface area contributed by atoms with Crippen molar-refractivity contribution in [1.29, 1.82) is 0 Å². The summed E-state index contributed by atoms with van der Waals surface area (Å²) in [5, 5.41) is 4.57. The number of rotatable bonds is 5. The van der Waals surface area contributed by atoms with E-state index in [1.807, 2.05) is 18.4 Å². The first kappa shape index (κ1) is 20.7. The molecule has 0 saturated carbocycles. The minimum atomic E-state index is 0.466. The number of benzene rings is 2. The Balaban J connectivity index is 1.76. The van der Waals surface area contributed by atoms with Crippen LogP contribution in [0.15, 0.2) is 57.9 Å². The van der Waals surface area contributed by atoms with Gasteiger partial charge >= 0.3 is 0 Å². The maximum absolute atomic E-state index is 5.98. The smallest absolute Gasteiger partial charge is 0.147 e. The van der Waals surface area contributed by atoms with Crippen LogP contribution in [0.4, 0.5) is 11.4 Å². The maximum atomic E-state index is 5.98. The highest BCUT2D eigenvalue weighted by Crippen LogP contribution is 2.36. The zero-order chi connectivity index (χ0) is 21.4. The predicted molar refractivity (Wildman–Crippen MR) is 125 cm³/mol. The minimum absolute atomic E-state index is 0.466. The van der Waals surface area contributed by atoms with E-state index in [0.29, 0.717) is 5.15 Å². The summed E-state index contributed by atoms with van der Waals surface area (Å²) in [6, 6.07) is 12.8. The van der Waals surface area contributed by atoms with Gasteiger partial charge in [0.05, 0.1) is 11.4 Å². The number of aromatic nitrogens is 3. The summed E-state index contributed by atoms with van der Waals surface area (Å²) in [4.78, 5) is 6.40. The van der Waals surface area contributed by atoms with Crippen molar-refractivity contribution in [2.24, 2.45) is 0 Å². The van der Waals surface area contributed by atoms with Crippen molar-refractivity contribution in [2.75, 3.05) is 11.4 Å². The average molecular weight is 486 g/mol. The Hall–Kier alpha value is -2.57. The van der Waals surface area contributed by atoms with Crippen LogP contribution in [-0.2, 0) is 0 Å². The normalized spacial score (nSPS) is 11.1. The molecule has 30 heavy (non-hydrogen) atoms. The third-order valence-corrected chi connectivity index (χ3v) is 6.04. The predicted octanol–water partition coefficient (Wildman–Crippen LogP) is 7.03. The van der Waals surface area contributed by atoms with Gasteiger partial charge in [-0.25, -0.2) is 4.98 Å². The van der Waals surface area contributed by atoms with Crippen LogP contribution in [0.5, 0.6) is 0 Å². The van der Waals surface area contributed by atoms with E-state index < -0.39 is 0 Å². The molecule has 0 unspecified atom stereocenters. The van der Waals surface area contributed by atoms with Crippen LogP contribution in [0, 0.1) is 20.8 Å². The fraction of sp³-hybridized carbons (Fsp3) is 0.217. The second-order valence-corrected chi connectivity index (χ2v) is 8.43. The fourth-order valence-corrected chi connectivity index (χ4v) is 4.47. The van der Waals surface area contributed by atoms with Gasteiger partial charge in [-0.1, -0.05) is 28.9 Å². The van der Waals surface area contributed by atoms with E-state index >= 15 is 0 Å². The van der Waals surface area contributed by atoms with Gasteiger partial charge in [0, 0.05) is 34.2 Å². The maximum Gasteiger partial charge on any atom is 0.147 e. The van der Waals surface area contributed by atoms with E-state index in [1.54, 1.807) is 12.5 Å². The highest BCUT2D eigenvalue weighted by Gasteiger charge is 2.17. The van der Waals surface area contributed by atoms with Crippen molar-refractivity contribution < 1.29 is 4.52 Å². The summed E-state index contributed by atoms with van der Waals surface area (Å²) >= 11 is 9.68. The van der Waals surface area contributed by atoms with Crippen molar-refractivity contribution in [1.82, 2.24) is 14.7 Å². The lowest BCUT2D eigenvalue weighted by Gasteiger charge is -2.26. The second kappa shape index (κ2) is 8.28. The zero-order valence-corrected chi connectivity index (χ0v) is 19.6. The molecule has 0 aliphatic carbocycles. The third kappa shape index (κ3) is 3.77. The van der Waals surface area contributed by atoms with Gasteiger partial charge in [0.2, 0.25) is 0 Å². The van der Waals surface area contributed by atoms with Crippen LogP contribution in [-0.4, -0.2) is 21.3 Å². The monoisotopic (exact) mass is 484 g/mol. The molecular weight excluding hydrogens is 464 g/mol. The van der Waals surface area contributed by atoms with Crippen molar-refractivity contribution >= 4 is 38.9 Å². The summed E-state index contributed by atoms with van der Waals surface area (Å²) in [5.41, 5.74) is 7.49. The van der Waals surface area contributed by atoms with E-state index in [9.17, 15) is 0 Å². The Labute approximate surface area is 189 Å². The van der Waals surface area contributed by atoms with Gasteiger partial charge in [0.1, 0.15) is 17.2 Å². The molecule has 5 nitrogen and oxygen atoms in total. The number of halogens is 2. The third-order valence-electron chi connectivity index (χ3n) is 5.21. The lowest BCUT2D eigenvalue weighted by molar-refractivity contribution is 0.393. The summed E-state index contributed by atoms with van der Waals surface area (Å²) in [7, 11) is 0. The molecule has 0 fully saturated rings. The van der Waals surface area contributed by atoms with Crippen LogP contribution >= 0.6 is 27.5 Å². The van der Waals surface area contributed by atoms with E-state index in [4.69, 9.17) is 16.1 Å². The molecule has 2 aromatic heterocycles. The molecule has 0 aliphatic heterocycles. The molecule has 0 N–H and O–H groups in total. The molecule has 154 valence electrons. The Morgan fingerprint density at radius 3 is 2.53 bits per heavy atom. The number of aryl methyl sites for hydroxylation is 3. The SMILES string of the molecule is CCN(c1ccc(-n2cnc(Cl)c2)c(Br)c1)c1cc(-c2c(C)noc2C)ccc1C. The lowest BCUT2D eigenvalue weighted by Crippen LogP contribution is -2.17. The van der Waals surface area contributed by atoms with Crippen molar-refractivity contribution in [3.8, 4) is 16.8 Å². The van der Waals surface area contributed by atoms with Gasteiger partial charge < -0.3 is 14.0 Å². The quantitative estimate of drug-likeness (QED) is 0.304. The van der Waals surface area contributed by atoms with Gasteiger partial charge in [-0.2, -0.15) is 0 Å². The highest BCUT2D eigenvalue weighted by atomic mass is 79.9. The molecule has 7 heteroatoms. The van der Waals surface area contributed by atoms with E-state index in [0.717, 1.165) is 50.7 Å². The second-order valence-electron chi connectivity index (χ2n) is 7.18. The number of hydrogen-bond donors (Lipinski definition) is 0.